The fraction of sp³-hybridized carbons (Fsp3) is 0.400. The summed E-state index contributed by atoms with van der Waals surface area (Å²) in [5.41, 5.74) is 6.31. The predicted molar refractivity (Wildman–Crippen MR) is 62.4 cm³/mol. The zero-order chi connectivity index (χ0) is 11.3. The SMILES string of the molecule is CCC(C)Sc1cnccc1/C(N)=N/O. The van der Waals surface area contributed by atoms with Gasteiger partial charge in [0.05, 0.1) is 0 Å². The van der Waals surface area contributed by atoms with Crippen LogP contribution < -0.4 is 5.73 Å². The number of nitrogens with zero attached hydrogens (tertiary/aromatic N) is 2. The molecule has 1 unspecified atom stereocenters. The Labute approximate surface area is 93.6 Å². The molecule has 1 atom stereocenters. The van der Waals surface area contributed by atoms with Crippen LogP contribution in [0.3, 0.4) is 0 Å². The van der Waals surface area contributed by atoms with Crippen molar-refractivity contribution in [1.29, 1.82) is 0 Å². The van der Waals surface area contributed by atoms with Gasteiger partial charge in [-0.25, -0.2) is 0 Å². The van der Waals surface area contributed by atoms with Crippen molar-refractivity contribution in [2.24, 2.45) is 10.9 Å². The summed E-state index contributed by atoms with van der Waals surface area (Å²) in [4.78, 5) is 4.98. The summed E-state index contributed by atoms with van der Waals surface area (Å²) >= 11 is 1.68. The van der Waals surface area contributed by atoms with E-state index in [9.17, 15) is 0 Å². The Hall–Kier alpha value is -1.23. The van der Waals surface area contributed by atoms with Gasteiger partial charge in [0, 0.05) is 28.1 Å². The topological polar surface area (TPSA) is 71.5 Å². The summed E-state index contributed by atoms with van der Waals surface area (Å²) in [7, 11) is 0. The van der Waals surface area contributed by atoms with Crippen LogP contribution in [0, 0.1) is 0 Å². The molecule has 0 radical (unpaired) electrons. The molecule has 0 spiro atoms. The van der Waals surface area contributed by atoms with Crippen molar-refractivity contribution in [3.8, 4) is 0 Å². The van der Waals surface area contributed by atoms with Gasteiger partial charge in [0.25, 0.3) is 0 Å². The van der Waals surface area contributed by atoms with Crippen LogP contribution in [0.5, 0.6) is 0 Å². The first kappa shape index (κ1) is 11.8. The van der Waals surface area contributed by atoms with Crippen LogP contribution in [0.2, 0.25) is 0 Å². The zero-order valence-corrected chi connectivity index (χ0v) is 9.66. The normalized spacial score (nSPS) is 13.9. The smallest absolute Gasteiger partial charge is 0.171 e. The molecule has 1 aromatic heterocycles. The Morgan fingerprint density at radius 1 is 1.73 bits per heavy atom. The van der Waals surface area contributed by atoms with Crippen LogP contribution in [-0.2, 0) is 0 Å². The molecule has 4 nitrogen and oxygen atoms in total. The number of pyridine rings is 1. The lowest BCUT2D eigenvalue weighted by Gasteiger charge is -2.11. The van der Waals surface area contributed by atoms with E-state index in [1.807, 2.05) is 0 Å². The first-order chi connectivity index (χ1) is 7.19. The molecule has 0 aliphatic carbocycles. The molecule has 1 heterocycles. The summed E-state index contributed by atoms with van der Waals surface area (Å²) in [5.74, 6) is 0.128. The molecule has 1 rings (SSSR count). The second-order valence-electron chi connectivity index (χ2n) is 3.19. The Morgan fingerprint density at radius 3 is 3.07 bits per heavy atom. The van der Waals surface area contributed by atoms with Crippen LogP contribution in [0.15, 0.2) is 28.5 Å². The van der Waals surface area contributed by atoms with E-state index in [0.717, 1.165) is 16.9 Å². The molecular formula is C10H15N3OS. The van der Waals surface area contributed by atoms with E-state index < -0.39 is 0 Å². The third-order valence-corrected chi connectivity index (χ3v) is 3.39. The average molecular weight is 225 g/mol. The summed E-state index contributed by atoms with van der Waals surface area (Å²) in [6, 6.07) is 1.75. The molecule has 0 amide bonds. The second-order valence-corrected chi connectivity index (χ2v) is 4.67. The van der Waals surface area contributed by atoms with Gasteiger partial charge in [-0.15, -0.1) is 11.8 Å². The minimum absolute atomic E-state index is 0.128. The van der Waals surface area contributed by atoms with Crippen molar-refractivity contribution in [3.05, 3.63) is 24.0 Å². The minimum atomic E-state index is 0.128. The molecule has 0 bridgehead atoms. The molecule has 0 fully saturated rings. The summed E-state index contributed by atoms with van der Waals surface area (Å²) < 4.78 is 0. The lowest BCUT2D eigenvalue weighted by atomic mass is 10.2. The van der Waals surface area contributed by atoms with Gasteiger partial charge in [-0.05, 0) is 12.5 Å². The first-order valence-electron chi connectivity index (χ1n) is 4.77. The fourth-order valence-corrected chi connectivity index (χ4v) is 2.06. The van der Waals surface area contributed by atoms with Gasteiger partial charge in [-0.2, -0.15) is 0 Å². The van der Waals surface area contributed by atoms with E-state index in [1.54, 1.807) is 30.2 Å². The highest BCUT2D eigenvalue weighted by Gasteiger charge is 2.10. The number of nitrogens with two attached hydrogens (primary N) is 1. The van der Waals surface area contributed by atoms with Crippen LogP contribution in [-0.4, -0.2) is 21.3 Å². The quantitative estimate of drug-likeness (QED) is 0.270. The molecule has 0 saturated heterocycles. The van der Waals surface area contributed by atoms with Crippen LogP contribution in [0.4, 0.5) is 0 Å². The van der Waals surface area contributed by atoms with Gasteiger partial charge in [0.1, 0.15) is 0 Å². The Balaban J connectivity index is 2.96. The molecule has 0 aliphatic heterocycles. The monoisotopic (exact) mass is 225 g/mol. The maximum Gasteiger partial charge on any atom is 0.171 e. The van der Waals surface area contributed by atoms with Crippen molar-refractivity contribution >= 4 is 17.6 Å². The fourth-order valence-electron chi connectivity index (χ4n) is 1.04. The molecule has 1 aromatic rings. The molecular weight excluding hydrogens is 210 g/mol. The van der Waals surface area contributed by atoms with E-state index in [2.05, 4.69) is 24.0 Å². The van der Waals surface area contributed by atoms with E-state index in [0.29, 0.717) is 5.25 Å². The number of aromatic nitrogens is 1. The van der Waals surface area contributed by atoms with E-state index in [-0.39, 0.29) is 5.84 Å². The minimum Gasteiger partial charge on any atom is -0.409 e. The third kappa shape index (κ3) is 3.13. The van der Waals surface area contributed by atoms with E-state index in [1.165, 1.54) is 0 Å². The van der Waals surface area contributed by atoms with Gasteiger partial charge in [0.15, 0.2) is 5.84 Å². The Kier molecular flexibility index (Phi) is 4.42. The lowest BCUT2D eigenvalue weighted by Crippen LogP contribution is -2.14. The van der Waals surface area contributed by atoms with Crippen molar-refractivity contribution in [3.63, 3.8) is 0 Å². The molecule has 3 N–H and O–H groups in total. The van der Waals surface area contributed by atoms with Crippen molar-refractivity contribution in [2.75, 3.05) is 0 Å². The first-order valence-corrected chi connectivity index (χ1v) is 5.65. The molecule has 0 aliphatic rings. The standard InChI is InChI=1S/C10H15N3OS/c1-3-7(2)15-9-6-12-5-4-8(9)10(11)13-14/h4-7,14H,3H2,1-2H3,(H2,11,13). The van der Waals surface area contributed by atoms with E-state index >= 15 is 0 Å². The van der Waals surface area contributed by atoms with Gasteiger partial charge < -0.3 is 10.9 Å². The Morgan fingerprint density at radius 2 is 2.47 bits per heavy atom. The van der Waals surface area contributed by atoms with Crippen LogP contribution >= 0.6 is 11.8 Å². The average Bonchev–Trinajstić information content (AvgIpc) is 2.28. The number of rotatable bonds is 4. The van der Waals surface area contributed by atoms with Crippen LogP contribution in [0.25, 0.3) is 0 Å². The number of thioether (sulfide) groups is 1. The number of hydrogen-bond donors (Lipinski definition) is 2. The lowest BCUT2D eigenvalue weighted by molar-refractivity contribution is 0.318. The largest absolute Gasteiger partial charge is 0.409 e. The zero-order valence-electron chi connectivity index (χ0n) is 8.84. The third-order valence-electron chi connectivity index (χ3n) is 2.07. The summed E-state index contributed by atoms with van der Waals surface area (Å²) in [6.45, 7) is 4.25. The highest BCUT2D eigenvalue weighted by Crippen LogP contribution is 2.27. The molecule has 0 aromatic carbocycles. The van der Waals surface area contributed by atoms with Crippen LogP contribution in [0.1, 0.15) is 25.8 Å². The molecule has 82 valence electrons. The number of hydrogen-bond acceptors (Lipinski definition) is 4. The van der Waals surface area contributed by atoms with Gasteiger partial charge in [0.2, 0.25) is 0 Å². The highest BCUT2D eigenvalue weighted by molar-refractivity contribution is 8.00. The number of amidine groups is 1. The van der Waals surface area contributed by atoms with Gasteiger partial charge in [-0.1, -0.05) is 19.0 Å². The molecule has 5 heteroatoms. The van der Waals surface area contributed by atoms with Gasteiger partial charge >= 0.3 is 0 Å². The van der Waals surface area contributed by atoms with Crippen molar-refractivity contribution in [2.45, 2.75) is 30.4 Å². The van der Waals surface area contributed by atoms with Crippen molar-refractivity contribution in [1.82, 2.24) is 4.98 Å². The Bertz CT molecular complexity index is 354. The van der Waals surface area contributed by atoms with Gasteiger partial charge in [-0.3, -0.25) is 4.98 Å². The summed E-state index contributed by atoms with van der Waals surface area (Å²) in [6.07, 6.45) is 4.44. The maximum absolute atomic E-state index is 8.64. The molecule has 15 heavy (non-hydrogen) atoms. The predicted octanol–water partition coefficient (Wildman–Crippen LogP) is 2.07. The summed E-state index contributed by atoms with van der Waals surface area (Å²) in [5, 5.41) is 12.1. The highest BCUT2D eigenvalue weighted by atomic mass is 32.2. The second kappa shape index (κ2) is 5.60. The maximum atomic E-state index is 8.64. The number of oxime groups is 1. The van der Waals surface area contributed by atoms with Crippen molar-refractivity contribution < 1.29 is 5.21 Å². The molecule has 0 saturated carbocycles. The van der Waals surface area contributed by atoms with E-state index in [4.69, 9.17) is 10.9 Å².